The van der Waals surface area contributed by atoms with Crippen LogP contribution in [0, 0.1) is 5.41 Å². The second kappa shape index (κ2) is 11.4. The number of hydrogen-bond donors (Lipinski definition) is 1. The van der Waals surface area contributed by atoms with Gasteiger partial charge in [-0.25, -0.2) is 0 Å². The normalized spacial score (nSPS) is 20.9. The maximum absolute atomic E-state index is 13.2. The Bertz CT molecular complexity index is 1020. The highest BCUT2D eigenvalue weighted by molar-refractivity contribution is 5.97. The zero-order valence-electron chi connectivity index (χ0n) is 21.2. The first kappa shape index (κ1) is 24.8. The number of aromatic nitrogens is 1. The molecule has 7 heteroatoms. The summed E-state index contributed by atoms with van der Waals surface area (Å²) in [5.74, 6) is 0.819. The van der Waals surface area contributed by atoms with Crippen molar-refractivity contribution in [1.82, 2.24) is 14.8 Å². The summed E-state index contributed by atoms with van der Waals surface area (Å²) in [6.45, 7) is 4.67. The molecule has 1 atom stereocenters. The molecule has 1 N–H and O–H groups in total. The van der Waals surface area contributed by atoms with E-state index < -0.39 is 0 Å². The summed E-state index contributed by atoms with van der Waals surface area (Å²) in [5, 5.41) is 3.05. The number of carbonyl (C=O) groups is 2. The van der Waals surface area contributed by atoms with Crippen molar-refractivity contribution in [3.63, 3.8) is 0 Å². The number of benzene rings is 1. The van der Waals surface area contributed by atoms with Crippen LogP contribution < -0.4 is 10.1 Å². The number of rotatable bonds is 10. The fraction of sp³-hybridized carbons (Fsp3) is 0.552. The Kier molecular flexibility index (Phi) is 7.85. The summed E-state index contributed by atoms with van der Waals surface area (Å²) in [5.41, 5.74) is 2.09. The highest BCUT2D eigenvalue weighted by Crippen LogP contribution is 2.55. The molecular weight excluding hydrogens is 452 g/mol. The highest BCUT2D eigenvalue weighted by atomic mass is 16.5. The molecular formula is C29H38N4O3. The summed E-state index contributed by atoms with van der Waals surface area (Å²) in [7, 11) is 0. The van der Waals surface area contributed by atoms with E-state index >= 15 is 0 Å². The van der Waals surface area contributed by atoms with E-state index in [4.69, 9.17) is 4.74 Å². The third kappa shape index (κ3) is 6.44. The van der Waals surface area contributed by atoms with Crippen molar-refractivity contribution < 1.29 is 14.3 Å². The fourth-order valence-electron chi connectivity index (χ4n) is 5.56. The smallest absolute Gasteiger partial charge is 0.247 e. The number of carbonyl (C=O) groups excluding carboxylic acids is 2. The molecule has 192 valence electrons. The number of ether oxygens (including phenoxy) is 1. The molecule has 2 aliphatic heterocycles. The first-order chi connectivity index (χ1) is 17.6. The molecule has 2 aromatic rings. The molecule has 1 saturated carbocycles. The molecule has 2 amide bonds. The molecule has 36 heavy (non-hydrogen) atoms. The van der Waals surface area contributed by atoms with Gasteiger partial charge < -0.3 is 15.0 Å². The van der Waals surface area contributed by atoms with Crippen LogP contribution >= 0.6 is 0 Å². The molecule has 3 aliphatic rings. The Hall–Kier alpha value is -2.93. The van der Waals surface area contributed by atoms with Gasteiger partial charge in [0.25, 0.3) is 0 Å². The van der Waals surface area contributed by atoms with Gasteiger partial charge in [0.1, 0.15) is 18.4 Å². The van der Waals surface area contributed by atoms with Gasteiger partial charge >= 0.3 is 0 Å². The van der Waals surface area contributed by atoms with E-state index in [1.54, 1.807) is 12.4 Å². The lowest BCUT2D eigenvalue weighted by Gasteiger charge is -2.26. The lowest BCUT2D eigenvalue weighted by atomic mass is 10.0. The minimum atomic E-state index is -0.388. The largest absolute Gasteiger partial charge is 0.492 e. The molecule has 2 saturated heterocycles. The molecule has 3 heterocycles. The van der Waals surface area contributed by atoms with Crippen LogP contribution in [0.1, 0.15) is 56.9 Å². The van der Waals surface area contributed by atoms with Gasteiger partial charge in [0.05, 0.1) is 0 Å². The van der Waals surface area contributed by atoms with Gasteiger partial charge in [-0.1, -0.05) is 6.42 Å². The van der Waals surface area contributed by atoms with Gasteiger partial charge in [-0.3, -0.25) is 19.5 Å². The third-order valence-corrected chi connectivity index (χ3v) is 7.94. The van der Waals surface area contributed by atoms with Crippen LogP contribution in [0.3, 0.4) is 0 Å². The Morgan fingerprint density at radius 3 is 2.50 bits per heavy atom. The van der Waals surface area contributed by atoms with Gasteiger partial charge in [0.2, 0.25) is 11.8 Å². The van der Waals surface area contributed by atoms with Crippen LogP contribution in [0.25, 0.3) is 0 Å². The Morgan fingerprint density at radius 1 is 1.03 bits per heavy atom. The number of pyridine rings is 1. The number of nitrogens with zero attached hydrogens (tertiary/aromatic N) is 3. The summed E-state index contributed by atoms with van der Waals surface area (Å²) in [4.78, 5) is 34.7. The predicted octanol–water partition coefficient (Wildman–Crippen LogP) is 4.29. The van der Waals surface area contributed by atoms with E-state index in [0.29, 0.717) is 19.6 Å². The van der Waals surface area contributed by atoms with Gasteiger partial charge in [0, 0.05) is 37.6 Å². The second-order valence-corrected chi connectivity index (χ2v) is 10.7. The van der Waals surface area contributed by atoms with Crippen LogP contribution in [0.4, 0.5) is 5.69 Å². The molecule has 1 aromatic carbocycles. The van der Waals surface area contributed by atoms with Gasteiger partial charge in [-0.2, -0.15) is 0 Å². The Morgan fingerprint density at radius 2 is 1.78 bits per heavy atom. The molecule has 1 aliphatic carbocycles. The predicted molar refractivity (Wildman–Crippen MR) is 140 cm³/mol. The maximum Gasteiger partial charge on any atom is 0.247 e. The number of anilines is 1. The van der Waals surface area contributed by atoms with Crippen LogP contribution in [-0.4, -0.2) is 65.4 Å². The minimum Gasteiger partial charge on any atom is -0.492 e. The van der Waals surface area contributed by atoms with Crippen LogP contribution in [0.15, 0.2) is 48.8 Å². The lowest BCUT2D eigenvalue weighted by Crippen LogP contribution is -2.43. The van der Waals surface area contributed by atoms with Crippen molar-refractivity contribution in [1.29, 1.82) is 0 Å². The van der Waals surface area contributed by atoms with E-state index in [-0.39, 0.29) is 23.3 Å². The summed E-state index contributed by atoms with van der Waals surface area (Å²) >= 11 is 0. The molecule has 1 spiro atoms. The number of piperidine rings is 1. The lowest BCUT2D eigenvalue weighted by molar-refractivity contribution is -0.136. The summed E-state index contributed by atoms with van der Waals surface area (Å²) in [6, 6.07) is 11.2. The number of hydrogen-bond acceptors (Lipinski definition) is 5. The zero-order valence-corrected chi connectivity index (χ0v) is 21.2. The van der Waals surface area contributed by atoms with Crippen molar-refractivity contribution >= 4 is 17.5 Å². The van der Waals surface area contributed by atoms with E-state index in [2.05, 4.69) is 15.2 Å². The Balaban J connectivity index is 1.11. The van der Waals surface area contributed by atoms with Crippen molar-refractivity contribution in [2.45, 2.75) is 63.8 Å². The van der Waals surface area contributed by atoms with Gasteiger partial charge in [-0.15, -0.1) is 0 Å². The molecule has 0 bridgehead atoms. The van der Waals surface area contributed by atoms with Crippen LogP contribution in [0.5, 0.6) is 5.75 Å². The molecule has 3 fully saturated rings. The first-order valence-electron chi connectivity index (χ1n) is 13.5. The van der Waals surface area contributed by atoms with Crippen molar-refractivity contribution in [2.24, 2.45) is 5.41 Å². The van der Waals surface area contributed by atoms with Gasteiger partial charge in [-0.05, 0) is 105 Å². The van der Waals surface area contributed by atoms with E-state index in [1.165, 1.54) is 37.9 Å². The zero-order chi connectivity index (χ0) is 24.8. The van der Waals surface area contributed by atoms with Gasteiger partial charge in [0.15, 0.2) is 0 Å². The summed E-state index contributed by atoms with van der Waals surface area (Å²) < 4.78 is 5.91. The average molecular weight is 491 g/mol. The first-order valence-corrected chi connectivity index (χ1v) is 13.5. The second-order valence-electron chi connectivity index (χ2n) is 10.7. The van der Waals surface area contributed by atoms with Crippen molar-refractivity contribution in [3.05, 3.63) is 54.4 Å². The number of amides is 2. The fourth-order valence-corrected chi connectivity index (χ4v) is 5.56. The van der Waals surface area contributed by atoms with E-state index in [1.807, 2.05) is 41.3 Å². The molecule has 7 nitrogen and oxygen atoms in total. The molecule has 1 aromatic heterocycles. The standard InChI is InChI=1S/C29H38N4O3/c34-27(6-4-5-23-11-15-30-16-12-23)33-22-29(13-14-29)21-26(33)28(35)31-24-7-9-25(10-8-24)36-20-19-32-17-2-1-3-18-32/h7-12,15-16,26H,1-6,13-14,17-22H2,(H,31,35)/t26-/m0/s1. The summed E-state index contributed by atoms with van der Waals surface area (Å²) in [6.07, 6.45) is 12.5. The molecule has 0 radical (unpaired) electrons. The topological polar surface area (TPSA) is 74.8 Å². The number of aryl methyl sites for hydroxylation is 1. The molecule has 0 unspecified atom stereocenters. The van der Waals surface area contributed by atoms with E-state index in [0.717, 1.165) is 50.1 Å². The maximum atomic E-state index is 13.2. The number of nitrogens with one attached hydrogen (secondary N) is 1. The minimum absolute atomic E-state index is 0.0833. The molecule has 5 rings (SSSR count). The van der Waals surface area contributed by atoms with Crippen molar-refractivity contribution in [3.8, 4) is 5.75 Å². The van der Waals surface area contributed by atoms with Crippen LogP contribution in [0.2, 0.25) is 0 Å². The van der Waals surface area contributed by atoms with E-state index in [9.17, 15) is 9.59 Å². The Labute approximate surface area is 214 Å². The monoisotopic (exact) mass is 490 g/mol. The third-order valence-electron chi connectivity index (χ3n) is 7.94. The van der Waals surface area contributed by atoms with Crippen LogP contribution in [-0.2, 0) is 16.0 Å². The van der Waals surface area contributed by atoms with Crippen molar-refractivity contribution in [2.75, 3.05) is 38.1 Å². The number of likely N-dealkylation sites (tertiary alicyclic amines) is 2. The average Bonchev–Trinajstić information content (AvgIpc) is 3.55. The quantitative estimate of drug-likeness (QED) is 0.538. The SMILES string of the molecule is O=C(Nc1ccc(OCCN2CCCCC2)cc1)[C@@H]1CC2(CC2)CN1C(=O)CCCc1ccncc1. The highest BCUT2D eigenvalue weighted by Gasteiger charge is 2.54.